The molecule has 0 spiro atoms. The quantitative estimate of drug-likeness (QED) is 0.701. The number of rotatable bonds is 2. The minimum absolute atomic E-state index is 0.152. The zero-order valence-electron chi connectivity index (χ0n) is 14.5. The lowest BCUT2D eigenvalue weighted by Crippen LogP contribution is -2.58. The molecule has 2 fully saturated rings. The molecule has 0 saturated carbocycles. The highest BCUT2D eigenvalue weighted by Crippen LogP contribution is 2.29. The summed E-state index contributed by atoms with van der Waals surface area (Å²) >= 11 is 0. The number of fused-ring (bicyclic) bond motifs is 1. The van der Waals surface area contributed by atoms with Gasteiger partial charge in [-0.1, -0.05) is 0 Å². The second-order valence-electron chi connectivity index (χ2n) is 7.43. The highest BCUT2D eigenvalue weighted by atomic mass is 32.2. The summed E-state index contributed by atoms with van der Waals surface area (Å²) < 4.78 is 29.4. The molecular weight excluding hydrogens is 352 g/mol. The van der Waals surface area contributed by atoms with Gasteiger partial charge in [0.25, 0.3) is 0 Å². The van der Waals surface area contributed by atoms with Crippen molar-refractivity contribution in [2.75, 3.05) is 11.5 Å². The number of carboxylic acid groups (broad SMARTS) is 1. The van der Waals surface area contributed by atoms with Crippen molar-refractivity contribution in [1.29, 1.82) is 0 Å². The molecule has 9 nitrogen and oxygen atoms in total. The van der Waals surface area contributed by atoms with Crippen LogP contribution in [-0.2, 0) is 24.2 Å². The number of carbonyl (C=O) groups excluding carboxylic acids is 2. The van der Waals surface area contributed by atoms with Crippen molar-refractivity contribution in [3.63, 3.8) is 0 Å². The van der Waals surface area contributed by atoms with E-state index in [1.807, 2.05) is 0 Å². The molecule has 142 valence electrons. The maximum atomic E-state index is 12.8. The number of nitrogens with zero attached hydrogens (tertiary/aromatic N) is 1. The maximum absolute atomic E-state index is 12.8. The lowest BCUT2D eigenvalue weighted by atomic mass is 10.1. The van der Waals surface area contributed by atoms with E-state index in [0.717, 1.165) is 0 Å². The zero-order chi connectivity index (χ0) is 19.0. The molecule has 2 heterocycles. The smallest absolute Gasteiger partial charge is 0.408 e. The van der Waals surface area contributed by atoms with Gasteiger partial charge in [-0.15, -0.1) is 0 Å². The Morgan fingerprint density at radius 2 is 1.88 bits per heavy atom. The Labute approximate surface area is 146 Å². The monoisotopic (exact) mass is 376 g/mol. The summed E-state index contributed by atoms with van der Waals surface area (Å²) in [7, 11) is -3.56. The molecule has 0 aromatic carbocycles. The average molecular weight is 376 g/mol. The Morgan fingerprint density at radius 3 is 2.44 bits per heavy atom. The molecule has 2 N–H and O–H groups in total. The van der Waals surface area contributed by atoms with Crippen LogP contribution in [0.2, 0.25) is 0 Å². The van der Waals surface area contributed by atoms with Gasteiger partial charge in [-0.05, 0) is 40.0 Å². The van der Waals surface area contributed by atoms with Crippen molar-refractivity contribution in [1.82, 2.24) is 10.2 Å². The molecule has 25 heavy (non-hydrogen) atoms. The van der Waals surface area contributed by atoms with Crippen LogP contribution in [0.15, 0.2) is 0 Å². The number of amides is 2. The van der Waals surface area contributed by atoms with Crippen LogP contribution in [0.4, 0.5) is 4.79 Å². The topological polar surface area (TPSA) is 130 Å². The molecule has 0 radical (unpaired) electrons. The predicted octanol–water partition coefficient (Wildman–Crippen LogP) is 0.142. The average Bonchev–Trinajstić information content (AvgIpc) is 2.84. The number of aliphatic carboxylic acids is 1. The predicted molar refractivity (Wildman–Crippen MR) is 87.7 cm³/mol. The normalized spacial score (nSPS) is 29.3. The fraction of sp³-hybridized carbons (Fsp3) is 0.800. The van der Waals surface area contributed by atoms with Crippen molar-refractivity contribution >= 4 is 27.8 Å². The van der Waals surface area contributed by atoms with Gasteiger partial charge >= 0.3 is 12.1 Å². The molecule has 0 bridgehead atoms. The summed E-state index contributed by atoms with van der Waals surface area (Å²) in [6.07, 6.45) is -0.0106. The number of hydrogen-bond acceptors (Lipinski definition) is 6. The van der Waals surface area contributed by atoms with Crippen molar-refractivity contribution in [2.45, 2.75) is 63.8 Å². The third kappa shape index (κ3) is 4.83. The number of hydrogen-bond donors (Lipinski definition) is 2. The molecule has 2 aliphatic rings. The van der Waals surface area contributed by atoms with Gasteiger partial charge < -0.3 is 20.1 Å². The van der Waals surface area contributed by atoms with Crippen LogP contribution >= 0.6 is 0 Å². The number of carbonyl (C=O) groups is 3. The van der Waals surface area contributed by atoms with Crippen molar-refractivity contribution in [3.8, 4) is 0 Å². The molecule has 2 saturated heterocycles. The fourth-order valence-electron chi connectivity index (χ4n) is 3.20. The Kier molecular flexibility index (Phi) is 5.31. The van der Waals surface area contributed by atoms with Gasteiger partial charge in [0.15, 0.2) is 9.84 Å². The summed E-state index contributed by atoms with van der Waals surface area (Å²) in [4.78, 5) is 37.4. The summed E-state index contributed by atoms with van der Waals surface area (Å²) in [5.74, 6) is -2.54. The van der Waals surface area contributed by atoms with E-state index >= 15 is 0 Å². The molecule has 0 aliphatic carbocycles. The molecule has 0 aromatic heterocycles. The maximum Gasteiger partial charge on any atom is 0.408 e. The highest BCUT2D eigenvalue weighted by molar-refractivity contribution is 7.91. The van der Waals surface area contributed by atoms with E-state index in [0.29, 0.717) is 6.42 Å². The zero-order valence-corrected chi connectivity index (χ0v) is 15.3. The number of ether oxygens (including phenoxy) is 1. The van der Waals surface area contributed by atoms with E-state index in [-0.39, 0.29) is 18.6 Å². The third-order valence-electron chi connectivity index (χ3n) is 4.21. The molecule has 0 unspecified atom stereocenters. The first kappa shape index (κ1) is 19.5. The molecule has 2 amide bonds. The first-order chi connectivity index (χ1) is 11.4. The minimum atomic E-state index is -3.56. The minimum Gasteiger partial charge on any atom is -0.480 e. The highest BCUT2D eigenvalue weighted by Gasteiger charge is 2.46. The van der Waals surface area contributed by atoms with E-state index in [2.05, 4.69) is 5.32 Å². The third-order valence-corrected chi connectivity index (χ3v) is 5.91. The number of sulfone groups is 1. The number of alkyl carbamates (subject to hydrolysis) is 1. The second kappa shape index (κ2) is 6.81. The van der Waals surface area contributed by atoms with Gasteiger partial charge in [-0.2, -0.15) is 0 Å². The lowest BCUT2D eigenvalue weighted by Gasteiger charge is -2.34. The van der Waals surface area contributed by atoms with Crippen LogP contribution < -0.4 is 5.32 Å². The number of carboxylic acids is 1. The SMILES string of the molecule is CC(C)(C)OC(=O)N[C@H]1CS(=O)(=O)CC[C@H]2CC[C@@H](C(=O)O)N2C1=O. The van der Waals surface area contributed by atoms with Crippen molar-refractivity contribution < 1.29 is 32.6 Å². The van der Waals surface area contributed by atoms with Gasteiger partial charge in [-0.25, -0.2) is 18.0 Å². The molecule has 2 aliphatic heterocycles. The van der Waals surface area contributed by atoms with Crippen LogP contribution in [0.5, 0.6) is 0 Å². The summed E-state index contributed by atoms with van der Waals surface area (Å²) in [6.45, 7) is 4.92. The van der Waals surface area contributed by atoms with E-state index in [1.165, 1.54) is 4.90 Å². The van der Waals surface area contributed by atoms with Crippen LogP contribution in [0.3, 0.4) is 0 Å². The second-order valence-corrected chi connectivity index (χ2v) is 9.66. The number of nitrogens with one attached hydrogen (secondary N) is 1. The first-order valence-corrected chi connectivity index (χ1v) is 9.97. The van der Waals surface area contributed by atoms with E-state index in [1.54, 1.807) is 20.8 Å². The summed E-state index contributed by atoms with van der Waals surface area (Å²) in [6, 6.07) is -2.81. The molecule has 0 aromatic rings. The summed E-state index contributed by atoms with van der Waals surface area (Å²) in [5.41, 5.74) is -0.812. The fourth-order valence-corrected chi connectivity index (χ4v) is 4.73. The van der Waals surface area contributed by atoms with Crippen LogP contribution in [0.25, 0.3) is 0 Å². The van der Waals surface area contributed by atoms with E-state index in [9.17, 15) is 27.9 Å². The Bertz CT molecular complexity index is 668. The van der Waals surface area contributed by atoms with E-state index in [4.69, 9.17) is 4.74 Å². The Hall–Kier alpha value is -1.84. The van der Waals surface area contributed by atoms with Crippen LogP contribution in [0.1, 0.15) is 40.0 Å². The van der Waals surface area contributed by atoms with Gasteiger partial charge in [0.2, 0.25) is 5.91 Å². The van der Waals surface area contributed by atoms with E-state index < -0.39 is 57.3 Å². The molecular formula is C15H24N2O7S. The van der Waals surface area contributed by atoms with Crippen LogP contribution in [0, 0.1) is 0 Å². The van der Waals surface area contributed by atoms with Gasteiger partial charge in [0, 0.05) is 6.04 Å². The van der Waals surface area contributed by atoms with Gasteiger partial charge in [0.05, 0.1) is 11.5 Å². The molecule has 2 rings (SSSR count). The van der Waals surface area contributed by atoms with Gasteiger partial charge in [0.1, 0.15) is 17.7 Å². The van der Waals surface area contributed by atoms with Crippen molar-refractivity contribution in [2.24, 2.45) is 0 Å². The summed E-state index contributed by atoms with van der Waals surface area (Å²) in [5, 5.41) is 11.6. The standard InChI is InChI=1S/C15H24N2O7S/c1-15(2,3)24-14(21)16-10-8-25(22,23)7-6-9-4-5-11(13(19)20)17(9)12(10)18/h9-11H,4-8H2,1-3H3,(H,16,21)(H,19,20)/t9-,10+,11+/m1/s1. The first-order valence-electron chi connectivity index (χ1n) is 8.14. The Balaban J connectivity index is 2.26. The Morgan fingerprint density at radius 1 is 1.24 bits per heavy atom. The van der Waals surface area contributed by atoms with Crippen molar-refractivity contribution in [3.05, 3.63) is 0 Å². The largest absolute Gasteiger partial charge is 0.480 e. The van der Waals surface area contributed by atoms with Crippen LogP contribution in [-0.4, -0.2) is 71.6 Å². The lowest BCUT2D eigenvalue weighted by molar-refractivity contribution is -0.150. The van der Waals surface area contributed by atoms with Gasteiger partial charge in [-0.3, -0.25) is 4.79 Å². The molecule has 10 heteroatoms. The molecule has 3 atom stereocenters.